The number of esters is 1. The lowest BCUT2D eigenvalue weighted by Gasteiger charge is -2.30. The maximum atomic E-state index is 12.1. The van der Waals surface area contributed by atoms with E-state index in [-0.39, 0.29) is 12.4 Å². The molecule has 0 fully saturated rings. The summed E-state index contributed by atoms with van der Waals surface area (Å²) in [7, 11) is 0. The van der Waals surface area contributed by atoms with Crippen LogP contribution in [0.15, 0.2) is 30.3 Å². The molecule has 1 atom stereocenters. The van der Waals surface area contributed by atoms with Crippen molar-refractivity contribution < 1.29 is 9.53 Å². The highest BCUT2D eigenvalue weighted by Gasteiger charge is 2.34. The fourth-order valence-electron chi connectivity index (χ4n) is 2.75. The zero-order valence-corrected chi connectivity index (χ0v) is 18.5. The lowest BCUT2D eigenvalue weighted by molar-refractivity contribution is -0.144. The molecule has 0 amide bonds. The van der Waals surface area contributed by atoms with Crippen LogP contribution in [0.2, 0.25) is 0 Å². The van der Waals surface area contributed by atoms with E-state index in [9.17, 15) is 4.79 Å². The van der Waals surface area contributed by atoms with Gasteiger partial charge in [0.15, 0.2) is 0 Å². The molecule has 1 aromatic carbocycles. The molecule has 0 aliphatic carbocycles. The summed E-state index contributed by atoms with van der Waals surface area (Å²) in [6.07, 6.45) is 0.623. The van der Waals surface area contributed by atoms with Gasteiger partial charge in [0.2, 0.25) is 0 Å². The number of rotatable bonds is 10. The molecular formula is C21H30N2O2S2. The molecule has 0 bridgehead atoms. The first-order valence-electron chi connectivity index (χ1n) is 9.27. The summed E-state index contributed by atoms with van der Waals surface area (Å²) >= 11 is 6.80. The second-order valence-electron chi connectivity index (χ2n) is 7.19. The van der Waals surface area contributed by atoms with Gasteiger partial charge in [0.25, 0.3) is 4.87 Å². The maximum Gasteiger partial charge on any atom is 0.306 e. The van der Waals surface area contributed by atoms with E-state index in [1.165, 1.54) is 11.8 Å². The normalized spacial score (nSPS) is 13.4. The Balaban J connectivity index is 2.47. The minimum Gasteiger partial charge on any atom is -0.464 e. The molecule has 1 rings (SSSR count). The largest absolute Gasteiger partial charge is 0.464 e. The standard InChI is InChI=1S/C21H30N2O2S2/c1-16(2)23(17(3)4)14-15-25-19(24)12-13-21(5,22-6)27-20(26)18-10-8-7-9-11-18/h7-11,16-17H,12-15H2,1-5H3. The molecular weight excluding hydrogens is 376 g/mol. The van der Waals surface area contributed by atoms with Gasteiger partial charge in [-0.05, 0) is 45.0 Å². The average molecular weight is 407 g/mol. The van der Waals surface area contributed by atoms with Crippen LogP contribution in [-0.2, 0) is 9.53 Å². The molecule has 27 heavy (non-hydrogen) atoms. The molecule has 0 aromatic heterocycles. The highest BCUT2D eigenvalue weighted by molar-refractivity contribution is 8.24. The molecule has 0 spiro atoms. The number of benzene rings is 1. The van der Waals surface area contributed by atoms with E-state index in [1.54, 1.807) is 0 Å². The van der Waals surface area contributed by atoms with Crippen molar-refractivity contribution >= 4 is 34.1 Å². The molecule has 148 valence electrons. The minimum atomic E-state index is -0.770. The van der Waals surface area contributed by atoms with E-state index in [1.807, 2.05) is 37.3 Å². The number of thiocarbonyl (C=S) groups is 1. The first kappa shape index (κ1) is 23.6. The van der Waals surface area contributed by atoms with Gasteiger partial charge in [-0.2, -0.15) is 0 Å². The first-order valence-corrected chi connectivity index (χ1v) is 10.5. The van der Waals surface area contributed by atoms with Gasteiger partial charge >= 0.3 is 5.97 Å². The van der Waals surface area contributed by atoms with Gasteiger partial charge in [0.05, 0.1) is 10.6 Å². The van der Waals surface area contributed by atoms with Gasteiger partial charge in [-0.25, -0.2) is 6.57 Å². The summed E-state index contributed by atoms with van der Waals surface area (Å²) in [5.41, 5.74) is 0.928. The van der Waals surface area contributed by atoms with E-state index < -0.39 is 4.87 Å². The zero-order valence-electron chi connectivity index (χ0n) is 16.9. The highest BCUT2D eigenvalue weighted by atomic mass is 32.2. The summed E-state index contributed by atoms with van der Waals surface area (Å²) in [6, 6.07) is 10.5. The fourth-order valence-corrected chi connectivity index (χ4v) is 4.32. The monoisotopic (exact) mass is 406 g/mol. The quantitative estimate of drug-likeness (QED) is 0.304. The third-order valence-electron chi connectivity index (χ3n) is 4.29. The fraction of sp³-hybridized carbons (Fsp3) is 0.571. The Bertz CT molecular complexity index is 648. The van der Waals surface area contributed by atoms with Crippen LogP contribution in [0.4, 0.5) is 0 Å². The molecule has 0 saturated carbocycles. The predicted octanol–water partition coefficient (Wildman–Crippen LogP) is 5.17. The molecule has 4 nitrogen and oxygen atoms in total. The average Bonchev–Trinajstić information content (AvgIpc) is 2.63. The molecule has 0 aliphatic heterocycles. The van der Waals surface area contributed by atoms with Crippen molar-refractivity contribution in [2.75, 3.05) is 13.2 Å². The second kappa shape index (κ2) is 11.4. The lowest BCUT2D eigenvalue weighted by Crippen LogP contribution is -2.39. The molecule has 0 aliphatic rings. The van der Waals surface area contributed by atoms with Crippen molar-refractivity contribution in [2.24, 2.45) is 0 Å². The summed E-state index contributed by atoms with van der Waals surface area (Å²) in [5.74, 6) is -0.261. The Hall–Kier alpha value is -1.42. The lowest BCUT2D eigenvalue weighted by atomic mass is 10.2. The van der Waals surface area contributed by atoms with Crippen LogP contribution >= 0.6 is 24.0 Å². The van der Waals surface area contributed by atoms with Crippen LogP contribution in [0.5, 0.6) is 0 Å². The van der Waals surface area contributed by atoms with Crippen molar-refractivity contribution in [1.82, 2.24) is 4.90 Å². The Morgan fingerprint density at radius 1 is 1.26 bits per heavy atom. The summed E-state index contributed by atoms with van der Waals surface area (Å²) < 4.78 is 6.05. The van der Waals surface area contributed by atoms with Crippen LogP contribution in [0.1, 0.15) is 53.0 Å². The smallest absolute Gasteiger partial charge is 0.306 e. The number of carbonyl (C=O) groups excluding carboxylic acids is 1. The molecule has 0 saturated heterocycles. The number of hydrogen-bond acceptors (Lipinski definition) is 5. The number of carbonyl (C=O) groups is 1. The van der Waals surface area contributed by atoms with E-state index in [0.717, 1.165) is 5.56 Å². The molecule has 0 N–H and O–H groups in total. The molecule has 1 aromatic rings. The Morgan fingerprint density at radius 2 is 1.85 bits per heavy atom. The van der Waals surface area contributed by atoms with Crippen LogP contribution in [0.3, 0.4) is 0 Å². The Kier molecular flexibility index (Phi) is 10.00. The number of ether oxygens (including phenoxy) is 1. The Labute approximate surface area is 173 Å². The predicted molar refractivity (Wildman–Crippen MR) is 118 cm³/mol. The van der Waals surface area contributed by atoms with E-state index in [4.69, 9.17) is 23.5 Å². The molecule has 0 heterocycles. The second-order valence-corrected chi connectivity index (χ2v) is 9.35. The highest BCUT2D eigenvalue weighted by Crippen LogP contribution is 2.35. The van der Waals surface area contributed by atoms with Crippen LogP contribution in [0, 0.1) is 6.57 Å². The number of hydrogen-bond donors (Lipinski definition) is 0. The van der Waals surface area contributed by atoms with Gasteiger partial charge in [0, 0.05) is 32.0 Å². The minimum absolute atomic E-state index is 0.215. The van der Waals surface area contributed by atoms with Gasteiger partial charge in [0.1, 0.15) is 6.61 Å². The van der Waals surface area contributed by atoms with Gasteiger partial charge in [-0.1, -0.05) is 42.5 Å². The van der Waals surface area contributed by atoms with Crippen molar-refractivity contribution in [2.45, 2.75) is 64.4 Å². The van der Waals surface area contributed by atoms with E-state index in [0.29, 0.717) is 35.9 Å². The molecule has 1 unspecified atom stereocenters. The zero-order chi connectivity index (χ0) is 20.4. The van der Waals surface area contributed by atoms with Crippen molar-refractivity contribution in [1.29, 1.82) is 0 Å². The van der Waals surface area contributed by atoms with Crippen LogP contribution in [0.25, 0.3) is 4.85 Å². The molecule has 0 radical (unpaired) electrons. The van der Waals surface area contributed by atoms with Crippen molar-refractivity contribution in [3.8, 4) is 0 Å². The summed E-state index contributed by atoms with van der Waals surface area (Å²) in [5, 5.41) is 0. The number of thioether (sulfide) groups is 1. The van der Waals surface area contributed by atoms with E-state index >= 15 is 0 Å². The third-order valence-corrected chi connectivity index (χ3v) is 5.93. The summed E-state index contributed by atoms with van der Waals surface area (Å²) in [4.78, 5) is 17.3. The maximum absolute atomic E-state index is 12.1. The van der Waals surface area contributed by atoms with Crippen molar-refractivity contribution in [3.63, 3.8) is 0 Å². The van der Waals surface area contributed by atoms with Crippen LogP contribution < -0.4 is 0 Å². The number of nitrogens with zero attached hydrogens (tertiary/aromatic N) is 2. The SMILES string of the molecule is [C-]#[N+]C(C)(CCC(=O)OCCN(C(C)C)C(C)C)SC(=S)c1ccccc1. The topological polar surface area (TPSA) is 33.9 Å². The van der Waals surface area contributed by atoms with Gasteiger partial charge in [-0.15, -0.1) is 0 Å². The molecule has 6 heteroatoms. The van der Waals surface area contributed by atoms with Gasteiger partial charge in [-0.3, -0.25) is 14.5 Å². The Morgan fingerprint density at radius 3 is 2.37 bits per heavy atom. The first-order chi connectivity index (χ1) is 12.7. The van der Waals surface area contributed by atoms with Gasteiger partial charge < -0.3 is 4.74 Å². The third kappa shape index (κ3) is 8.42. The summed E-state index contributed by atoms with van der Waals surface area (Å²) in [6.45, 7) is 19.0. The van der Waals surface area contributed by atoms with Crippen LogP contribution in [-0.4, -0.2) is 45.2 Å². The van der Waals surface area contributed by atoms with Crippen molar-refractivity contribution in [3.05, 3.63) is 47.3 Å². The van der Waals surface area contributed by atoms with E-state index in [2.05, 4.69) is 37.4 Å².